The SMILES string of the molecule is CC(C)(C)OC(=O)N1C2CCC(C2)C1C(=O)NC(CCc1ccc(C2=CCN3CCOCC3C2)cc1F)C(N)=O. The fourth-order valence-corrected chi connectivity index (χ4v) is 6.61. The van der Waals surface area contributed by atoms with Crippen molar-refractivity contribution in [1.82, 2.24) is 15.1 Å². The lowest BCUT2D eigenvalue weighted by molar-refractivity contribution is -0.132. The first kappa shape index (κ1) is 28.5. The molecule has 0 radical (unpaired) electrons. The van der Waals surface area contributed by atoms with E-state index in [4.69, 9.17) is 15.2 Å². The number of aryl methyl sites for hydroxylation is 1. The van der Waals surface area contributed by atoms with Crippen molar-refractivity contribution in [2.75, 3.05) is 26.3 Å². The molecule has 1 saturated carbocycles. The number of hydrogen-bond acceptors (Lipinski definition) is 6. The molecule has 3 amide bonds. The maximum atomic E-state index is 15.2. The molecule has 218 valence electrons. The van der Waals surface area contributed by atoms with Crippen molar-refractivity contribution in [3.05, 3.63) is 41.2 Å². The van der Waals surface area contributed by atoms with Gasteiger partial charge in [-0.1, -0.05) is 18.2 Å². The van der Waals surface area contributed by atoms with Gasteiger partial charge in [0.2, 0.25) is 11.8 Å². The highest BCUT2D eigenvalue weighted by atomic mass is 19.1. The number of carbonyl (C=O) groups excluding carboxylic acids is 3. The average Bonchev–Trinajstić information content (AvgIpc) is 3.52. The Morgan fingerprint density at radius 2 is 2.02 bits per heavy atom. The summed E-state index contributed by atoms with van der Waals surface area (Å²) >= 11 is 0. The number of morpholine rings is 1. The summed E-state index contributed by atoms with van der Waals surface area (Å²) < 4.78 is 26.3. The van der Waals surface area contributed by atoms with Crippen LogP contribution < -0.4 is 11.1 Å². The highest BCUT2D eigenvalue weighted by Gasteiger charge is 2.52. The highest BCUT2D eigenvalue weighted by Crippen LogP contribution is 2.43. The minimum Gasteiger partial charge on any atom is -0.444 e. The summed E-state index contributed by atoms with van der Waals surface area (Å²) in [5.41, 5.74) is 7.37. The Morgan fingerprint density at radius 1 is 1.23 bits per heavy atom. The Bertz CT molecular complexity index is 1180. The van der Waals surface area contributed by atoms with Gasteiger partial charge in [0.05, 0.1) is 13.2 Å². The fraction of sp³-hybridized carbons (Fsp3) is 0.633. The molecule has 10 heteroatoms. The molecule has 0 aromatic heterocycles. The van der Waals surface area contributed by atoms with E-state index in [1.54, 1.807) is 32.9 Å². The average molecular weight is 557 g/mol. The molecule has 1 aromatic rings. The predicted octanol–water partition coefficient (Wildman–Crippen LogP) is 3.00. The van der Waals surface area contributed by atoms with Crippen molar-refractivity contribution in [3.63, 3.8) is 0 Å². The molecule has 3 fully saturated rings. The largest absolute Gasteiger partial charge is 0.444 e. The molecular formula is C30H41FN4O5. The summed E-state index contributed by atoms with van der Waals surface area (Å²) in [6, 6.07) is 3.78. The molecule has 1 aliphatic carbocycles. The maximum Gasteiger partial charge on any atom is 0.411 e. The third-order valence-electron chi connectivity index (χ3n) is 8.62. The number of nitrogens with one attached hydrogen (secondary N) is 1. The van der Waals surface area contributed by atoms with Crippen molar-refractivity contribution in [1.29, 1.82) is 0 Å². The predicted molar refractivity (Wildman–Crippen MR) is 148 cm³/mol. The van der Waals surface area contributed by atoms with Crippen LogP contribution in [0.1, 0.15) is 64.0 Å². The molecule has 3 N–H and O–H groups in total. The molecule has 5 unspecified atom stereocenters. The molecular weight excluding hydrogens is 515 g/mol. The second-order valence-corrected chi connectivity index (χ2v) is 12.5. The number of nitrogens with zero attached hydrogens (tertiary/aromatic N) is 2. The van der Waals surface area contributed by atoms with Crippen LogP contribution in [0.15, 0.2) is 24.3 Å². The Morgan fingerprint density at radius 3 is 2.75 bits per heavy atom. The van der Waals surface area contributed by atoms with Gasteiger partial charge in [-0.3, -0.25) is 19.4 Å². The molecule has 2 saturated heterocycles. The number of rotatable bonds is 7. The smallest absolute Gasteiger partial charge is 0.411 e. The van der Waals surface area contributed by atoms with E-state index in [-0.39, 0.29) is 30.6 Å². The lowest BCUT2D eigenvalue weighted by atomic mass is 9.92. The zero-order chi connectivity index (χ0) is 28.6. The van der Waals surface area contributed by atoms with Crippen molar-refractivity contribution in [3.8, 4) is 0 Å². The Hall–Kier alpha value is -2.98. The number of benzene rings is 1. The molecule has 3 heterocycles. The molecule has 9 nitrogen and oxygen atoms in total. The van der Waals surface area contributed by atoms with Crippen LogP contribution >= 0.6 is 0 Å². The molecule has 2 bridgehead atoms. The number of primary amides is 1. The van der Waals surface area contributed by atoms with E-state index < -0.39 is 35.6 Å². The minimum absolute atomic E-state index is 0.0115. The molecule has 5 atom stereocenters. The van der Waals surface area contributed by atoms with Crippen LogP contribution in [0.3, 0.4) is 0 Å². The van der Waals surface area contributed by atoms with Gasteiger partial charge in [-0.05, 0) is 88.0 Å². The molecule has 40 heavy (non-hydrogen) atoms. The summed E-state index contributed by atoms with van der Waals surface area (Å²) in [7, 11) is 0. The molecule has 0 spiro atoms. The zero-order valence-corrected chi connectivity index (χ0v) is 23.7. The molecule has 3 aliphatic heterocycles. The monoisotopic (exact) mass is 556 g/mol. The van der Waals surface area contributed by atoms with Gasteiger partial charge < -0.3 is 20.5 Å². The van der Waals surface area contributed by atoms with Crippen molar-refractivity contribution in [2.24, 2.45) is 11.7 Å². The Labute approximate surface area is 235 Å². The van der Waals surface area contributed by atoms with Crippen molar-refractivity contribution in [2.45, 2.75) is 89.1 Å². The van der Waals surface area contributed by atoms with Crippen LogP contribution in [0.2, 0.25) is 0 Å². The Balaban J connectivity index is 1.21. The van der Waals surface area contributed by atoms with Crippen LogP contribution in [0.25, 0.3) is 5.57 Å². The van der Waals surface area contributed by atoms with Crippen LogP contribution in [-0.2, 0) is 25.5 Å². The summed E-state index contributed by atoms with van der Waals surface area (Å²) in [4.78, 5) is 42.5. The number of halogens is 1. The fourth-order valence-electron chi connectivity index (χ4n) is 6.61. The van der Waals surface area contributed by atoms with Gasteiger partial charge in [0, 0.05) is 25.2 Å². The van der Waals surface area contributed by atoms with Crippen LogP contribution in [0.5, 0.6) is 0 Å². The second-order valence-electron chi connectivity index (χ2n) is 12.5. The van der Waals surface area contributed by atoms with Crippen LogP contribution in [0.4, 0.5) is 9.18 Å². The number of nitrogens with two attached hydrogens (primary N) is 1. The number of piperidine rings is 1. The maximum absolute atomic E-state index is 15.2. The van der Waals surface area contributed by atoms with Gasteiger partial charge in [-0.25, -0.2) is 9.18 Å². The van der Waals surface area contributed by atoms with E-state index in [2.05, 4.69) is 16.3 Å². The van der Waals surface area contributed by atoms with E-state index >= 15 is 4.39 Å². The summed E-state index contributed by atoms with van der Waals surface area (Å²) in [5.74, 6) is -1.44. The van der Waals surface area contributed by atoms with Gasteiger partial charge in [0.1, 0.15) is 23.5 Å². The number of hydrogen-bond donors (Lipinski definition) is 2. The van der Waals surface area contributed by atoms with E-state index in [9.17, 15) is 14.4 Å². The van der Waals surface area contributed by atoms with E-state index in [1.807, 2.05) is 6.07 Å². The Kier molecular flexibility index (Phi) is 8.20. The van der Waals surface area contributed by atoms with Crippen LogP contribution in [0, 0.1) is 11.7 Å². The lowest BCUT2D eigenvalue weighted by Crippen LogP contribution is -2.57. The van der Waals surface area contributed by atoms with E-state index in [0.29, 0.717) is 18.2 Å². The zero-order valence-electron chi connectivity index (χ0n) is 23.7. The van der Waals surface area contributed by atoms with E-state index in [1.165, 1.54) is 4.90 Å². The van der Waals surface area contributed by atoms with Gasteiger partial charge in [0.15, 0.2) is 0 Å². The second kappa shape index (κ2) is 11.5. The minimum atomic E-state index is -0.982. The lowest BCUT2D eigenvalue weighted by Gasteiger charge is -2.38. The first-order valence-corrected chi connectivity index (χ1v) is 14.4. The van der Waals surface area contributed by atoms with Gasteiger partial charge in [-0.15, -0.1) is 0 Å². The van der Waals surface area contributed by atoms with Gasteiger partial charge in [-0.2, -0.15) is 0 Å². The molecule has 4 aliphatic rings. The van der Waals surface area contributed by atoms with Gasteiger partial charge >= 0.3 is 6.09 Å². The first-order valence-electron chi connectivity index (χ1n) is 14.4. The van der Waals surface area contributed by atoms with Crippen LogP contribution in [-0.4, -0.2) is 83.8 Å². The number of carbonyl (C=O) groups is 3. The topological polar surface area (TPSA) is 114 Å². The molecule has 1 aromatic carbocycles. The standard InChI is InChI=1S/C30H41FN4O5/c1-30(2,3)40-29(38)35-22-8-6-21(15-22)26(35)28(37)33-25(27(32)36)9-7-18-4-5-19(16-24(18)31)20-10-11-34-12-13-39-17-23(34)14-20/h4-5,10,16,21-23,25-26H,6-9,11-15,17H2,1-3H3,(H2,32,36)(H,33,37). The highest BCUT2D eigenvalue weighted by molar-refractivity contribution is 5.91. The van der Waals surface area contributed by atoms with Crippen molar-refractivity contribution >= 4 is 23.5 Å². The summed E-state index contributed by atoms with van der Waals surface area (Å²) in [6.07, 6.45) is 5.24. The molecule has 5 rings (SSSR count). The number of fused-ring (bicyclic) bond motifs is 3. The van der Waals surface area contributed by atoms with Crippen molar-refractivity contribution < 1.29 is 28.2 Å². The normalized spacial score (nSPS) is 27.1. The summed E-state index contributed by atoms with van der Waals surface area (Å²) in [5, 5.41) is 2.76. The summed E-state index contributed by atoms with van der Waals surface area (Å²) in [6.45, 7) is 8.55. The van der Waals surface area contributed by atoms with E-state index in [0.717, 1.165) is 56.5 Å². The number of amides is 3. The quantitative estimate of drug-likeness (QED) is 0.534. The number of ether oxygens (including phenoxy) is 2. The van der Waals surface area contributed by atoms with Gasteiger partial charge in [0.25, 0.3) is 0 Å². The number of likely N-dealkylation sites (tertiary alicyclic amines) is 1. The first-order chi connectivity index (χ1) is 19.0. The third kappa shape index (κ3) is 6.17. The third-order valence-corrected chi connectivity index (χ3v) is 8.62.